The third-order valence-corrected chi connectivity index (χ3v) is 2.45. The van der Waals surface area contributed by atoms with Gasteiger partial charge in [0.05, 0.1) is 6.54 Å². The van der Waals surface area contributed by atoms with Crippen molar-refractivity contribution < 1.29 is 23.5 Å². The number of halogens is 1. The van der Waals surface area contributed by atoms with E-state index in [9.17, 15) is 9.50 Å². The zero-order chi connectivity index (χ0) is 12.7. The van der Waals surface area contributed by atoms with E-state index in [0.717, 1.165) is 6.07 Å². The number of aromatic hydroxyl groups is 1. The van der Waals surface area contributed by atoms with Crippen LogP contribution in [0.4, 0.5) is 4.39 Å². The number of hydrogen-bond acceptors (Lipinski definition) is 7. The third kappa shape index (κ3) is 1.46. The van der Waals surface area contributed by atoms with Crippen molar-refractivity contribution >= 4 is 0 Å². The maximum atomic E-state index is 13.9. The number of phenols is 1. The van der Waals surface area contributed by atoms with E-state index in [1.54, 1.807) is 0 Å². The fourth-order valence-corrected chi connectivity index (χ4v) is 1.65. The van der Waals surface area contributed by atoms with Gasteiger partial charge in [0.1, 0.15) is 5.56 Å². The molecule has 1 aromatic heterocycles. The van der Waals surface area contributed by atoms with Crippen LogP contribution in [-0.4, -0.2) is 22.0 Å². The monoisotopic (exact) mass is 253 g/mol. The maximum absolute atomic E-state index is 13.9. The number of rotatable bonds is 2. The van der Waals surface area contributed by atoms with Crippen LogP contribution in [0.1, 0.15) is 5.89 Å². The van der Waals surface area contributed by atoms with Gasteiger partial charge in [0.2, 0.25) is 18.5 Å². The van der Waals surface area contributed by atoms with E-state index in [1.165, 1.54) is 0 Å². The van der Waals surface area contributed by atoms with Gasteiger partial charge in [-0.15, -0.1) is 0 Å². The molecule has 0 saturated carbocycles. The lowest BCUT2D eigenvalue weighted by atomic mass is 10.1. The minimum atomic E-state index is -0.899. The highest BCUT2D eigenvalue weighted by Gasteiger charge is 2.28. The maximum Gasteiger partial charge on any atom is 0.240 e. The van der Waals surface area contributed by atoms with E-state index in [-0.39, 0.29) is 42.1 Å². The highest BCUT2D eigenvalue weighted by atomic mass is 19.1. The molecule has 0 unspecified atom stereocenters. The number of nitrogens with two attached hydrogens (primary N) is 1. The van der Waals surface area contributed by atoms with E-state index < -0.39 is 11.6 Å². The summed E-state index contributed by atoms with van der Waals surface area (Å²) in [6, 6.07) is 1.13. The minimum absolute atomic E-state index is 0.0347. The molecular weight excluding hydrogens is 245 g/mol. The number of fused-ring (bicyclic) bond motifs is 1. The second-order valence-electron chi connectivity index (χ2n) is 3.53. The van der Waals surface area contributed by atoms with Crippen molar-refractivity contribution in [3.8, 4) is 28.6 Å². The summed E-state index contributed by atoms with van der Waals surface area (Å²) in [6.45, 7) is -0.0280. The second-order valence-corrected chi connectivity index (χ2v) is 3.53. The van der Waals surface area contributed by atoms with Gasteiger partial charge < -0.3 is 24.8 Å². The van der Waals surface area contributed by atoms with Crippen LogP contribution in [0.3, 0.4) is 0 Å². The van der Waals surface area contributed by atoms with Gasteiger partial charge in [-0.1, -0.05) is 5.16 Å². The molecule has 1 aromatic carbocycles. The molecule has 0 amide bonds. The van der Waals surface area contributed by atoms with Crippen molar-refractivity contribution in [2.75, 3.05) is 6.79 Å². The summed E-state index contributed by atoms with van der Waals surface area (Å²) in [4.78, 5) is 3.89. The van der Waals surface area contributed by atoms with Gasteiger partial charge in [-0.3, -0.25) is 0 Å². The van der Waals surface area contributed by atoms with Crippen LogP contribution in [0.2, 0.25) is 0 Å². The summed E-state index contributed by atoms with van der Waals surface area (Å²) < 4.78 is 28.9. The molecule has 2 heterocycles. The fraction of sp³-hybridized carbons (Fsp3) is 0.200. The summed E-state index contributed by atoms with van der Waals surface area (Å²) in [5.41, 5.74) is 5.22. The van der Waals surface area contributed by atoms with E-state index in [2.05, 4.69) is 10.1 Å². The topological polar surface area (TPSA) is 104 Å². The highest BCUT2D eigenvalue weighted by molar-refractivity contribution is 5.72. The molecule has 0 radical (unpaired) electrons. The number of benzene rings is 1. The first-order valence-electron chi connectivity index (χ1n) is 5.04. The predicted molar refractivity (Wildman–Crippen MR) is 55.4 cm³/mol. The first-order valence-corrected chi connectivity index (χ1v) is 5.04. The van der Waals surface area contributed by atoms with Crippen molar-refractivity contribution in [3.63, 3.8) is 0 Å². The Bertz CT molecular complexity index is 613. The zero-order valence-corrected chi connectivity index (χ0v) is 9.01. The van der Waals surface area contributed by atoms with Crippen molar-refractivity contribution in [2.24, 2.45) is 5.73 Å². The first-order chi connectivity index (χ1) is 8.70. The summed E-state index contributed by atoms with van der Waals surface area (Å²) in [7, 11) is 0. The van der Waals surface area contributed by atoms with Crippen LogP contribution >= 0.6 is 0 Å². The Morgan fingerprint density at radius 3 is 3.00 bits per heavy atom. The fourth-order valence-electron chi connectivity index (χ4n) is 1.65. The van der Waals surface area contributed by atoms with Crippen molar-refractivity contribution in [3.05, 3.63) is 17.8 Å². The van der Waals surface area contributed by atoms with Crippen LogP contribution in [0.5, 0.6) is 17.2 Å². The lowest BCUT2D eigenvalue weighted by Gasteiger charge is -2.04. The van der Waals surface area contributed by atoms with Gasteiger partial charge in [0.25, 0.3) is 0 Å². The van der Waals surface area contributed by atoms with Crippen LogP contribution in [0.15, 0.2) is 10.6 Å². The van der Waals surface area contributed by atoms with Crippen LogP contribution < -0.4 is 15.2 Å². The molecule has 0 spiro atoms. The largest absolute Gasteiger partial charge is 0.505 e. The SMILES string of the molecule is NCc1nc(-c2c(F)c(O)cc3c2OCO3)no1. The Kier molecular flexibility index (Phi) is 2.30. The van der Waals surface area contributed by atoms with E-state index in [1.807, 2.05) is 0 Å². The van der Waals surface area contributed by atoms with Gasteiger partial charge in [0, 0.05) is 6.07 Å². The lowest BCUT2D eigenvalue weighted by molar-refractivity contribution is 0.174. The molecule has 0 aliphatic carbocycles. The minimum Gasteiger partial charge on any atom is -0.505 e. The standard InChI is InChI=1S/C10H8FN3O4/c11-8-4(15)1-5-9(17-3-16-5)7(8)10-13-6(2-12)18-14-10/h1,15H,2-3,12H2. The summed E-state index contributed by atoms with van der Waals surface area (Å²) >= 11 is 0. The highest BCUT2D eigenvalue weighted by Crippen LogP contribution is 2.45. The Hall–Kier alpha value is -2.35. The number of ether oxygens (including phenoxy) is 2. The van der Waals surface area contributed by atoms with Gasteiger partial charge in [-0.25, -0.2) is 4.39 Å². The number of phenolic OH excluding ortho intramolecular Hbond substituents is 1. The molecule has 94 valence electrons. The normalized spacial score (nSPS) is 13.0. The Labute approximate surface area is 99.9 Å². The molecule has 3 rings (SSSR count). The molecule has 0 bridgehead atoms. The van der Waals surface area contributed by atoms with Crippen molar-refractivity contribution in [1.82, 2.24) is 10.1 Å². The molecule has 0 fully saturated rings. The summed E-state index contributed by atoms with van der Waals surface area (Å²) in [6.07, 6.45) is 0. The number of nitrogens with zero attached hydrogens (tertiary/aromatic N) is 2. The van der Waals surface area contributed by atoms with Crippen LogP contribution in [0.25, 0.3) is 11.4 Å². The second kappa shape index (κ2) is 3.84. The van der Waals surface area contributed by atoms with Gasteiger partial charge in [-0.2, -0.15) is 4.98 Å². The molecule has 18 heavy (non-hydrogen) atoms. The number of hydrogen-bond donors (Lipinski definition) is 2. The number of aromatic nitrogens is 2. The van der Waals surface area contributed by atoms with E-state index in [4.69, 9.17) is 19.7 Å². The molecule has 1 aliphatic heterocycles. The van der Waals surface area contributed by atoms with Crippen molar-refractivity contribution in [1.29, 1.82) is 0 Å². The molecule has 0 atom stereocenters. The summed E-state index contributed by atoms with van der Waals surface area (Å²) in [5.74, 6) is -1.01. The van der Waals surface area contributed by atoms with Crippen molar-refractivity contribution in [2.45, 2.75) is 6.54 Å². The molecule has 7 nitrogen and oxygen atoms in total. The third-order valence-electron chi connectivity index (χ3n) is 2.45. The van der Waals surface area contributed by atoms with E-state index in [0.29, 0.717) is 0 Å². The van der Waals surface area contributed by atoms with Gasteiger partial charge in [-0.05, 0) is 0 Å². The molecule has 1 aliphatic rings. The molecule has 0 saturated heterocycles. The van der Waals surface area contributed by atoms with Crippen LogP contribution in [0, 0.1) is 5.82 Å². The van der Waals surface area contributed by atoms with Gasteiger partial charge >= 0.3 is 0 Å². The van der Waals surface area contributed by atoms with E-state index >= 15 is 0 Å². The molecule has 3 N–H and O–H groups in total. The Balaban J connectivity index is 2.21. The molecular formula is C10H8FN3O4. The lowest BCUT2D eigenvalue weighted by Crippen LogP contribution is -1.97. The Morgan fingerprint density at radius 2 is 2.28 bits per heavy atom. The van der Waals surface area contributed by atoms with Gasteiger partial charge in [0.15, 0.2) is 23.1 Å². The average Bonchev–Trinajstić information content (AvgIpc) is 2.99. The Morgan fingerprint density at radius 1 is 1.44 bits per heavy atom. The van der Waals surface area contributed by atoms with Crippen LogP contribution in [-0.2, 0) is 6.54 Å². The first kappa shape index (κ1) is 10.8. The predicted octanol–water partition coefficient (Wildman–Crippen LogP) is 0.769. The zero-order valence-electron chi connectivity index (χ0n) is 9.01. The quantitative estimate of drug-likeness (QED) is 0.814. The smallest absolute Gasteiger partial charge is 0.240 e. The molecule has 8 heteroatoms. The summed E-state index contributed by atoms with van der Waals surface area (Å²) in [5, 5.41) is 13.1. The average molecular weight is 253 g/mol. The molecule has 2 aromatic rings.